The SMILES string of the molecule is CCC(C)C(=O)OC1OC[C@]23[C@@H](O)C[C@@H](OC(C)=O)[C@@]1(C)[C@@H]2C[C@@H](O)[C@@]1(C)[C@@H]2C(=O)C[C@@H](c4ccoc4)[C@]2(C)[C@@H](O)C(=O)[C@@H]13. The molecule has 14 atom stereocenters. The van der Waals surface area contributed by atoms with Gasteiger partial charge < -0.3 is 33.9 Å². The first-order valence-electron chi connectivity index (χ1n) is 15.7. The number of furan rings is 1. The van der Waals surface area contributed by atoms with Crippen molar-refractivity contribution in [2.45, 2.75) is 104 Å². The minimum absolute atomic E-state index is 0.0265. The molecule has 4 saturated carbocycles. The standard InChI is InChI=1S/C33H44O11/c1-7-15(2)28(40)44-29-31(5)20-11-21(36)32(6)25-19(35)10-18(17-8-9-41-13-17)30(25,4)27(39)24(38)26(32)33(20,14-42-29)22(37)12-23(31)43-16(3)34/h8-9,13,15,18,20-23,25-27,29,36-37,39H,7,10-12,14H2,1-6H3/t15?,18-,20-,21+,22-,23+,25+,26-,27-,29?,30-,31+,32-,33+/m0/s1. The van der Waals surface area contributed by atoms with E-state index in [2.05, 4.69) is 0 Å². The summed E-state index contributed by atoms with van der Waals surface area (Å²) < 4.78 is 23.3. The van der Waals surface area contributed by atoms with Crippen LogP contribution in [0.1, 0.15) is 78.7 Å². The number of Topliss-reactive ketones (excluding diaryl/α,β-unsaturated/α-hetero) is 2. The molecule has 1 saturated heterocycles. The zero-order chi connectivity index (χ0) is 32.1. The van der Waals surface area contributed by atoms with Gasteiger partial charge >= 0.3 is 11.9 Å². The highest BCUT2D eigenvalue weighted by Crippen LogP contribution is 2.75. The minimum atomic E-state index is -1.58. The number of ketones is 2. The number of fused-ring (bicyclic) bond motifs is 3. The summed E-state index contributed by atoms with van der Waals surface area (Å²) in [5.74, 6) is -5.61. The van der Waals surface area contributed by atoms with Gasteiger partial charge in [0, 0.05) is 53.8 Å². The van der Waals surface area contributed by atoms with E-state index in [1.807, 2.05) is 6.92 Å². The first kappa shape index (κ1) is 31.4. The van der Waals surface area contributed by atoms with Crippen LogP contribution in [0.2, 0.25) is 0 Å². The van der Waals surface area contributed by atoms with E-state index in [-0.39, 0.29) is 31.7 Å². The molecule has 11 heteroatoms. The van der Waals surface area contributed by atoms with E-state index in [1.165, 1.54) is 19.5 Å². The van der Waals surface area contributed by atoms with Crippen LogP contribution >= 0.6 is 0 Å². The third-order valence-corrected chi connectivity index (χ3v) is 12.8. The first-order valence-corrected chi connectivity index (χ1v) is 15.7. The van der Waals surface area contributed by atoms with Crippen LogP contribution in [0.15, 0.2) is 23.0 Å². The van der Waals surface area contributed by atoms with E-state index in [4.69, 9.17) is 18.6 Å². The summed E-state index contributed by atoms with van der Waals surface area (Å²) in [4.78, 5) is 54.0. The van der Waals surface area contributed by atoms with Crippen molar-refractivity contribution in [3.8, 4) is 0 Å². The zero-order valence-corrected chi connectivity index (χ0v) is 26.1. The molecule has 5 aliphatic rings. The van der Waals surface area contributed by atoms with Crippen LogP contribution in [-0.2, 0) is 33.4 Å². The maximum atomic E-state index is 14.7. The van der Waals surface area contributed by atoms with Gasteiger partial charge in [0.05, 0.1) is 42.7 Å². The first-order chi connectivity index (χ1) is 20.6. The summed E-state index contributed by atoms with van der Waals surface area (Å²) >= 11 is 0. The Bertz CT molecular complexity index is 1360. The summed E-state index contributed by atoms with van der Waals surface area (Å²) in [5, 5.41) is 36.1. The number of hydrogen-bond acceptors (Lipinski definition) is 11. The van der Waals surface area contributed by atoms with Crippen molar-refractivity contribution >= 4 is 23.5 Å². The zero-order valence-electron chi connectivity index (χ0n) is 26.1. The molecule has 5 fully saturated rings. The van der Waals surface area contributed by atoms with Crippen LogP contribution in [0.3, 0.4) is 0 Å². The molecule has 1 aromatic heterocycles. The Hall–Kier alpha value is -2.60. The van der Waals surface area contributed by atoms with Crippen LogP contribution in [0.4, 0.5) is 0 Å². The molecule has 0 spiro atoms. The molecule has 0 amide bonds. The van der Waals surface area contributed by atoms with Gasteiger partial charge in [-0.2, -0.15) is 0 Å². The number of rotatable bonds is 5. The summed E-state index contributed by atoms with van der Waals surface area (Å²) in [6, 6.07) is 1.73. The van der Waals surface area contributed by atoms with Gasteiger partial charge in [0.25, 0.3) is 0 Å². The molecule has 44 heavy (non-hydrogen) atoms. The molecule has 242 valence electrons. The third-order valence-electron chi connectivity index (χ3n) is 12.8. The number of carbonyl (C=O) groups excluding carboxylic acids is 4. The van der Waals surface area contributed by atoms with Gasteiger partial charge in [-0.15, -0.1) is 0 Å². The average molecular weight is 617 g/mol. The molecule has 0 aromatic carbocycles. The van der Waals surface area contributed by atoms with E-state index in [0.29, 0.717) is 12.0 Å². The Morgan fingerprint density at radius 2 is 1.73 bits per heavy atom. The maximum absolute atomic E-state index is 14.7. The molecule has 1 aliphatic heterocycles. The van der Waals surface area contributed by atoms with Gasteiger partial charge in [-0.05, 0) is 37.3 Å². The van der Waals surface area contributed by atoms with Crippen molar-refractivity contribution < 1.29 is 53.1 Å². The Morgan fingerprint density at radius 3 is 2.34 bits per heavy atom. The molecule has 11 nitrogen and oxygen atoms in total. The van der Waals surface area contributed by atoms with E-state index in [1.54, 1.807) is 33.8 Å². The molecule has 2 unspecified atom stereocenters. The van der Waals surface area contributed by atoms with Gasteiger partial charge in [-0.25, -0.2) is 0 Å². The summed E-state index contributed by atoms with van der Waals surface area (Å²) in [7, 11) is 0. The van der Waals surface area contributed by atoms with Crippen molar-refractivity contribution in [3.63, 3.8) is 0 Å². The van der Waals surface area contributed by atoms with Gasteiger partial charge in [0.1, 0.15) is 18.0 Å². The topological polar surface area (TPSA) is 170 Å². The number of aliphatic hydroxyl groups is 3. The molecular formula is C33H44O11. The van der Waals surface area contributed by atoms with E-state index < -0.39 is 99.7 Å². The van der Waals surface area contributed by atoms with Gasteiger partial charge in [0.15, 0.2) is 5.78 Å². The number of ether oxygens (including phenoxy) is 3. The fourth-order valence-corrected chi connectivity index (χ4v) is 10.5. The number of aliphatic hydroxyl groups excluding tert-OH is 3. The predicted molar refractivity (Wildman–Crippen MR) is 151 cm³/mol. The molecule has 3 N–H and O–H groups in total. The Kier molecular flexibility index (Phi) is 7.28. The molecule has 1 aromatic rings. The summed E-state index contributed by atoms with van der Waals surface area (Å²) in [5.41, 5.74) is -4.54. The molecule has 4 aliphatic carbocycles. The second kappa shape index (κ2) is 10.2. The van der Waals surface area contributed by atoms with Crippen molar-refractivity contribution in [3.05, 3.63) is 24.2 Å². The second-order valence-corrected chi connectivity index (χ2v) is 14.7. The molecule has 6 rings (SSSR count). The van der Waals surface area contributed by atoms with Gasteiger partial charge in [0.2, 0.25) is 6.29 Å². The fraction of sp³-hybridized carbons (Fsp3) is 0.758. The van der Waals surface area contributed by atoms with Crippen molar-refractivity contribution in [2.75, 3.05) is 6.61 Å². The lowest BCUT2D eigenvalue weighted by Gasteiger charge is -2.72. The van der Waals surface area contributed by atoms with Crippen LogP contribution in [0, 0.1) is 45.3 Å². The van der Waals surface area contributed by atoms with Crippen molar-refractivity contribution in [1.82, 2.24) is 0 Å². The molecule has 2 heterocycles. The lowest BCUT2D eigenvalue weighted by Crippen LogP contribution is -2.80. The number of carbonyl (C=O) groups is 4. The quantitative estimate of drug-likeness (QED) is 0.416. The minimum Gasteiger partial charge on any atom is -0.472 e. The molecule has 2 bridgehead atoms. The lowest BCUT2D eigenvalue weighted by molar-refractivity contribution is -0.372. The van der Waals surface area contributed by atoms with Crippen LogP contribution in [-0.4, -0.2) is 76.1 Å². The van der Waals surface area contributed by atoms with Crippen LogP contribution < -0.4 is 0 Å². The van der Waals surface area contributed by atoms with Crippen LogP contribution in [0.25, 0.3) is 0 Å². The fourth-order valence-electron chi connectivity index (χ4n) is 10.5. The number of esters is 2. The van der Waals surface area contributed by atoms with Gasteiger partial charge in [-0.1, -0.05) is 27.7 Å². The monoisotopic (exact) mass is 616 g/mol. The lowest BCUT2D eigenvalue weighted by atomic mass is 9.33. The largest absolute Gasteiger partial charge is 0.472 e. The van der Waals surface area contributed by atoms with Gasteiger partial charge in [-0.3, -0.25) is 19.2 Å². The predicted octanol–water partition coefficient (Wildman–Crippen LogP) is 2.54. The highest BCUT2D eigenvalue weighted by molar-refractivity contribution is 5.96. The molecule has 0 radical (unpaired) electrons. The Morgan fingerprint density at radius 1 is 1.02 bits per heavy atom. The van der Waals surface area contributed by atoms with Crippen LogP contribution in [0.5, 0.6) is 0 Å². The van der Waals surface area contributed by atoms with E-state index in [9.17, 15) is 34.5 Å². The second-order valence-electron chi connectivity index (χ2n) is 14.7. The number of hydrogen-bond donors (Lipinski definition) is 3. The summed E-state index contributed by atoms with van der Waals surface area (Å²) in [6.45, 7) is 9.83. The van der Waals surface area contributed by atoms with Crippen molar-refractivity contribution in [1.29, 1.82) is 0 Å². The highest BCUT2D eigenvalue weighted by Gasteiger charge is 2.82. The van der Waals surface area contributed by atoms with Crippen molar-refractivity contribution in [2.24, 2.45) is 45.3 Å². The Balaban J connectivity index is 1.50. The third kappa shape index (κ3) is 3.75. The Labute approximate surface area is 256 Å². The molecular weight excluding hydrogens is 572 g/mol. The van der Waals surface area contributed by atoms with E-state index >= 15 is 0 Å². The summed E-state index contributed by atoms with van der Waals surface area (Å²) in [6.07, 6.45) is -2.66. The normalized spacial score (nSPS) is 48.5. The smallest absolute Gasteiger partial charge is 0.310 e. The maximum Gasteiger partial charge on any atom is 0.310 e. The highest BCUT2D eigenvalue weighted by atomic mass is 16.7. The average Bonchev–Trinajstić information content (AvgIpc) is 3.59. The van der Waals surface area contributed by atoms with E-state index in [0.717, 1.165) is 0 Å².